The lowest BCUT2D eigenvalue weighted by atomic mass is 9.60. The van der Waals surface area contributed by atoms with E-state index in [1.807, 2.05) is 30.3 Å². The van der Waals surface area contributed by atoms with E-state index in [1.54, 1.807) is 0 Å². The van der Waals surface area contributed by atoms with Crippen molar-refractivity contribution in [2.24, 2.45) is 16.7 Å². The molecular weight excluding hydrogens is 404 g/mol. The topological polar surface area (TPSA) is 15.7 Å². The van der Waals surface area contributed by atoms with Crippen molar-refractivity contribution in [1.29, 1.82) is 0 Å². The van der Waals surface area contributed by atoms with Gasteiger partial charge in [0.1, 0.15) is 11.5 Å². The van der Waals surface area contributed by atoms with Crippen LogP contribution < -0.4 is 9.64 Å². The highest BCUT2D eigenvalue weighted by atomic mass is 16.5. The summed E-state index contributed by atoms with van der Waals surface area (Å²) in [6.45, 7) is 15.8. The van der Waals surface area contributed by atoms with E-state index in [0.29, 0.717) is 16.7 Å². The lowest BCUT2D eigenvalue weighted by molar-refractivity contribution is 0.0969. The standard InChI is InChI=1S/C30H42N2O/c1-29(2)19-24(20-30(3,4)22-29)27-13-12-26(33-25-8-6-5-7-9-25)18-28(27)32-16-14-31(15-17-32)21-23-10-11-23/h5-9,12-13,18,23-24H,10-11,14-17,19-22H2,1-4H3. The molecule has 2 saturated carbocycles. The Morgan fingerprint density at radius 3 is 2.12 bits per heavy atom. The molecule has 0 spiro atoms. The molecule has 5 rings (SSSR count). The molecule has 33 heavy (non-hydrogen) atoms. The molecule has 2 aromatic rings. The fourth-order valence-electron chi connectivity index (χ4n) is 6.73. The van der Waals surface area contributed by atoms with E-state index in [2.05, 4.69) is 55.7 Å². The molecule has 0 bridgehead atoms. The van der Waals surface area contributed by atoms with Crippen molar-refractivity contribution < 1.29 is 4.74 Å². The zero-order chi connectivity index (χ0) is 23.1. The van der Waals surface area contributed by atoms with Crippen LogP contribution in [-0.2, 0) is 0 Å². The summed E-state index contributed by atoms with van der Waals surface area (Å²) in [4.78, 5) is 5.33. The zero-order valence-corrected chi connectivity index (χ0v) is 21.1. The Morgan fingerprint density at radius 1 is 0.818 bits per heavy atom. The molecule has 0 unspecified atom stereocenters. The minimum Gasteiger partial charge on any atom is -0.457 e. The molecule has 1 saturated heterocycles. The second-order valence-corrected chi connectivity index (χ2v) is 12.5. The maximum absolute atomic E-state index is 6.28. The van der Waals surface area contributed by atoms with E-state index in [9.17, 15) is 0 Å². The molecule has 3 fully saturated rings. The van der Waals surface area contributed by atoms with Crippen molar-refractivity contribution in [1.82, 2.24) is 4.90 Å². The van der Waals surface area contributed by atoms with Gasteiger partial charge in [0.2, 0.25) is 0 Å². The van der Waals surface area contributed by atoms with Crippen LogP contribution in [0.4, 0.5) is 5.69 Å². The Bertz CT molecular complexity index is 923. The van der Waals surface area contributed by atoms with Gasteiger partial charge in [0, 0.05) is 44.5 Å². The van der Waals surface area contributed by atoms with Gasteiger partial charge in [0.05, 0.1) is 0 Å². The minimum absolute atomic E-state index is 0.381. The number of hydrogen-bond donors (Lipinski definition) is 0. The Labute approximate surface area is 201 Å². The van der Waals surface area contributed by atoms with Gasteiger partial charge >= 0.3 is 0 Å². The highest BCUT2D eigenvalue weighted by Crippen LogP contribution is 2.53. The van der Waals surface area contributed by atoms with Crippen LogP contribution in [0, 0.1) is 16.7 Å². The van der Waals surface area contributed by atoms with E-state index in [4.69, 9.17) is 4.74 Å². The summed E-state index contributed by atoms with van der Waals surface area (Å²) in [5.41, 5.74) is 3.71. The maximum atomic E-state index is 6.28. The number of benzene rings is 2. The largest absolute Gasteiger partial charge is 0.457 e. The fourth-order valence-corrected chi connectivity index (χ4v) is 6.73. The molecule has 1 aliphatic heterocycles. The van der Waals surface area contributed by atoms with E-state index in [1.165, 1.54) is 63.0 Å². The van der Waals surface area contributed by atoms with Crippen LogP contribution in [0.3, 0.4) is 0 Å². The Hall–Kier alpha value is -2.00. The van der Waals surface area contributed by atoms with Gasteiger partial charge in [-0.25, -0.2) is 0 Å². The maximum Gasteiger partial charge on any atom is 0.129 e. The van der Waals surface area contributed by atoms with Gasteiger partial charge in [0.25, 0.3) is 0 Å². The van der Waals surface area contributed by atoms with Crippen LogP contribution in [-0.4, -0.2) is 37.6 Å². The summed E-state index contributed by atoms with van der Waals surface area (Å²) in [5.74, 6) is 3.44. The van der Waals surface area contributed by atoms with Gasteiger partial charge in [-0.15, -0.1) is 0 Å². The summed E-state index contributed by atoms with van der Waals surface area (Å²) < 4.78 is 6.28. The summed E-state index contributed by atoms with van der Waals surface area (Å²) >= 11 is 0. The first-order chi connectivity index (χ1) is 15.8. The molecule has 3 aliphatic rings. The molecule has 178 valence electrons. The van der Waals surface area contributed by atoms with Crippen LogP contribution >= 0.6 is 0 Å². The molecule has 1 heterocycles. The van der Waals surface area contributed by atoms with Crippen LogP contribution in [0.15, 0.2) is 48.5 Å². The normalized spacial score (nSPS) is 23.5. The first kappa shape index (κ1) is 22.8. The molecule has 0 N–H and O–H groups in total. The van der Waals surface area contributed by atoms with Crippen molar-refractivity contribution in [2.45, 2.75) is 65.7 Å². The predicted molar refractivity (Wildman–Crippen MR) is 138 cm³/mol. The van der Waals surface area contributed by atoms with Crippen molar-refractivity contribution in [3.8, 4) is 11.5 Å². The van der Waals surface area contributed by atoms with Crippen LogP contribution in [0.25, 0.3) is 0 Å². The van der Waals surface area contributed by atoms with E-state index in [-0.39, 0.29) is 0 Å². The average Bonchev–Trinajstić information content (AvgIpc) is 3.57. The van der Waals surface area contributed by atoms with Crippen LogP contribution in [0.5, 0.6) is 11.5 Å². The van der Waals surface area contributed by atoms with Crippen LogP contribution in [0.1, 0.15) is 71.3 Å². The summed E-state index contributed by atoms with van der Waals surface area (Å²) in [6, 6.07) is 17.1. The number of rotatable bonds is 6. The number of piperazine rings is 1. The molecule has 3 nitrogen and oxygen atoms in total. The number of anilines is 1. The number of ether oxygens (including phenoxy) is 1. The lowest BCUT2D eigenvalue weighted by Crippen LogP contribution is -2.47. The van der Waals surface area contributed by atoms with Gasteiger partial charge in [-0.1, -0.05) is 52.0 Å². The summed E-state index contributed by atoms with van der Waals surface area (Å²) in [6.07, 6.45) is 6.72. The quantitative estimate of drug-likeness (QED) is 0.462. The van der Waals surface area contributed by atoms with Gasteiger partial charge in [0.15, 0.2) is 0 Å². The van der Waals surface area contributed by atoms with E-state index < -0.39 is 0 Å². The SMILES string of the molecule is CC1(C)CC(c2ccc(Oc3ccccc3)cc2N2CCN(CC3CC3)CC2)CC(C)(C)C1. The Kier molecular flexibility index (Phi) is 6.20. The van der Waals surface area contributed by atoms with E-state index in [0.717, 1.165) is 30.5 Å². The second-order valence-electron chi connectivity index (χ2n) is 12.5. The third-order valence-corrected chi connectivity index (χ3v) is 7.90. The smallest absolute Gasteiger partial charge is 0.129 e. The van der Waals surface area contributed by atoms with Crippen LogP contribution in [0.2, 0.25) is 0 Å². The monoisotopic (exact) mass is 446 g/mol. The Morgan fingerprint density at radius 2 is 1.48 bits per heavy atom. The van der Waals surface area contributed by atoms with Crippen molar-refractivity contribution in [3.63, 3.8) is 0 Å². The zero-order valence-electron chi connectivity index (χ0n) is 21.1. The third-order valence-electron chi connectivity index (χ3n) is 7.90. The summed E-state index contributed by atoms with van der Waals surface area (Å²) in [7, 11) is 0. The third kappa shape index (κ3) is 5.74. The van der Waals surface area contributed by atoms with Gasteiger partial charge in [-0.3, -0.25) is 4.90 Å². The highest BCUT2D eigenvalue weighted by Gasteiger charge is 2.40. The fraction of sp³-hybridized carbons (Fsp3) is 0.600. The first-order valence-electron chi connectivity index (χ1n) is 13.1. The Balaban J connectivity index is 1.42. The number of hydrogen-bond acceptors (Lipinski definition) is 3. The average molecular weight is 447 g/mol. The van der Waals surface area contributed by atoms with Crippen molar-refractivity contribution in [3.05, 3.63) is 54.1 Å². The van der Waals surface area contributed by atoms with E-state index >= 15 is 0 Å². The number of para-hydroxylation sites is 1. The first-order valence-corrected chi connectivity index (χ1v) is 13.1. The highest BCUT2D eigenvalue weighted by molar-refractivity contribution is 5.60. The lowest BCUT2D eigenvalue weighted by Gasteiger charge is -2.46. The van der Waals surface area contributed by atoms with Crippen molar-refractivity contribution in [2.75, 3.05) is 37.6 Å². The molecule has 0 radical (unpaired) electrons. The van der Waals surface area contributed by atoms with Crippen molar-refractivity contribution >= 4 is 5.69 Å². The number of nitrogens with zero attached hydrogens (tertiary/aromatic N) is 2. The molecule has 2 aromatic carbocycles. The van der Waals surface area contributed by atoms with Gasteiger partial charge in [-0.05, 0) is 78.5 Å². The predicted octanol–water partition coefficient (Wildman–Crippen LogP) is 7.33. The molecule has 0 atom stereocenters. The van der Waals surface area contributed by atoms with Gasteiger partial charge in [-0.2, -0.15) is 0 Å². The minimum atomic E-state index is 0.381. The summed E-state index contributed by atoms with van der Waals surface area (Å²) in [5, 5.41) is 0. The molecule has 3 heteroatoms. The second kappa shape index (κ2) is 8.98. The molecular formula is C30H42N2O. The molecule has 0 aromatic heterocycles. The molecule has 2 aliphatic carbocycles. The van der Waals surface area contributed by atoms with Gasteiger partial charge < -0.3 is 9.64 Å². The molecule has 0 amide bonds.